The van der Waals surface area contributed by atoms with Crippen molar-refractivity contribution in [1.29, 1.82) is 0 Å². The summed E-state index contributed by atoms with van der Waals surface area (Å²) in [4.78, 5) is 0. The third-order valence-corrected chi connectivity index (χ3v) is 3.84. The van der Waals surface area contributed by atoms with E-state index in [0.29, 0.717) is 6.42 Å². The number of aliphatic hydroxyl groups is 3. The SMILES string of the molecule is CCC(C)(O)C(C)(C)O.[B][B]OC(C)(C)C(C)(C)O. The third kappa shape index (κ3) is 7.35. The quantitative estimate of drug-likeness (QED) is 0.656. The lowest BCUT2D eigenvalue weighted by Crippen LogP contribution is -2.48. The first kappa shape index (κ1) is 21.3. The second-order valence-electron chi connectivity index (χ2n) is 6.51. The monoisotopic (exact) mass is 271 g/mol. The summed E-state index contributed by atoms with van der Waals surface area (Å²) in [5, 5.41) is 28.2. The summed E-state index contributed by atoms with van der Waals surface area (Å²) in [6.07, 6.45) is 0.566. The summed E-state index contributed by atoms with van der Waals surface area (Å²) in [6, 6.07) is 0. The second kappa shape index (κ2) is 7.11. The summed E-state index contributed by atoms with van der Waals surface area (Å²) in [5.74, 6) is 0. The van der Waals surface area contributed by atoms with E-state index < -0.39 is 22.4 Å². The lowest BCUT2D eigenvalue weighted by atomic mass is 9.70. The number of hydrogen-bond acceptors (Lipinski definition) is 4. The predicted molar refractivity (Wildman–Crippen MR) is 80.2 cm³/mol. The van der Waals surface area contributed by atoms with E-state index in [1.165, 1.54) is 0 Å². The molecule has 0 heterocycles. The summed E-state index contributed by atoms with van der Waals surface area (Å²) in [5.41, 5.74) is -3.49. The lowest BCUT2D eigenvalue weighted by molar-refractivity contribution is -0.121. The van der Waals surface area contributed by atoms with Gasteiger partial charge in [0.2, 0.25) is 7.37 Å². The maximum absolute atomic E-state index is 9.48. The van der Waals surface area contributed by atoms with E-state index in [1.54, 1.807) is 48.5 Å². The topological polar surface area (TPSA) is 69.9 Å². The fraction of sp³-hybridized carbons (Fsp3) is 1.00. The minimum atomic E-state index is -0.998. The molecule has 0 spiro atoms. The average molecular weight is 271 g/mol. The predicted octanol–water partition coefficient (Wildman–Crippen LogP) is 1.17. The van der Waals surface area contributed by atoms with Crippen LogP contribution >= 0.6 is 0 Å². The summed E-state index contributed by atoms with van der Waals surface area (Å²) in [7, 11) is 6.15. The molecule has 0 aromatic heterocycles. The van der Waals surface area contributed by atoms with E-state index in [4.69, 9.17) is 12.4 Å². The Balaban J connectivity index is 0. The molecule has 0 amide bonds. The largest absolute Gasteiger partial charge is 0.445 e. The Morgan fingerprint density at radius 1 is 0.895 bits per heavy atom. The molecule has 0 aromatic carbocycles. The first-order valence-electron chi connectivity index (χ1n) is 6.50. The minimum Gasteiger partial charge on any atom is -0.445 e. The standard InChI is InChI=1S/C7H16O2.C6H13B2O2/c1-5-7(4,9)6(2,3)8;1-5(2,9)6(3,4)10-8-7/h8-9H,5H2,1-4H3;9H,1-4H3. The highest BCUT2D eigenvalue weighted by Gasteiger charge is 2.35. The molecule has 0 bridgehead atoms. The molecular weight excluding hydrogens is 242 g/mol. The highest BCUT2D eigenvalue weighted by Crippen LogP contribution is 2.24. The van der Waals surface area contributed by atoms with E-state index in [0.717, 1.165) is 7.37 Å². The Morgan fingerprint density at radius 2 is 1.26 bits per heavy atom. The van der Waals surface area contributed by atoms with E-state index in [2.05, 4.69) is 0 Å². The molecule has 4 nitrogen and oxygen atoms in total. The molecule has 3 N–H and O–H groups in total. The van der Waals surface area contributed by atoms with Crippen molar-refractivity contribution in [2.45, 2.75) is 84.2 Å². The molecule has 19 heavy (non-hydrogen) atoms. The molecule has 6 heteroatoms. The molecular formula is C13H29B2O4. The van der Waals surface area contributed by atoms with E-state index >= 15 is 0 Å². The van der Waals surface area contributed by atoms with Crippen LogP contribution in [0.2, 0.25) is 0 Å². The lowest BCUT2D eigenvalue weighted by Gasteiger charge is -2.37. The maximum atomic E-state index is 9.48. The Kier molecular flexibility index (Phi) is 7.97. The molecule has 3 radical (unpaired) electrons. The fourth-order valence-electron chi connectivity index (χ4n) is 0.747. The van der Waals surface area contributed by atoms with Crippen LogP contribution in [0.3, 0.4) is 0 Å². The normalized spacial score (nSPS) is 16.2. The summed E-state index contributed by atoms with van der Waals surface area (Å²) >= 11 is 0. The zero-order valence-electron chi connectivity index (χ0n) is 13.6. The molecule has 0 aliphatic carbocycles. The van der Waals surface area contributed by atoms with Crippen LogP contribution in [0.4, 0.5) is 0 Å². The van der Waals surface area contributed by atoms with Crippen molar-refractivity contribution in [3.8, 4) is 0 Å². The van der Waals surface area contributed by atoms with E-state index in [-0.39, 0.29) is 0 Å². The molecule has 0 fully saturated rings. The Bertz CT molecular complexity index is 252. The molecule has 0 saturated heterocycles. The van der Waals surface area contributed by atoms with Crippen molar-refractivity contribution in [2.75, 3.05) is 0 Å². The number of rotatable bonds is 5. The van der Waals surface area contributed by atoms with Gasteiger partial charge in [-0.2, -0.15) is 0 Å². The van der Waals surface area contributed by atoms with Gasteiger partial charge in [0.15, 0.2) is 0 Å². The van der Waals surface area contributed by atoms with Crippen LogP contribution < -0.4 is 0 Å². The minimum absolute atomic E-state index is 0.566. The first-order chi connectivity index (χ1) is 8.12. The smallest absolute Gasteiger partial charge is 0.231 e. The van der Waals surface area contributed by atoms with Gasteiger partial charge in [-0.3, -0.25) is 0 Å². The van der Waals surface area contributed by atoms with Gasteiger partial charge < -0.3 is 20.0 Å². The van der Waals surface area contributed by atoms with Gasteiger partial charge in [-0.15, -0.1) is 0 Å². The highest BCUT2D eigenvalue weighted by atomic mass is 16.5. The van der Waals surface area contributed by atoms with Gasteiger partial charge in [-0.1, -0.05) is 6.92 Å². The van der Waals surface area contributed by atoms with Crippen LogP contribution in [0.25, 0.3) is 0 Å². The van der Waals surface area contributed by atoms with Gasteiger partial charge in [-0.25, -0.2) is 0 Å². The van der Waals surface area contributed by atoms with E-state index in [1.807, 2.05) is 6.92 Å². The van der Waals surface area contributed by atoms with Crippen molar-refractivity contribution >= 4 is 15.1 Å². The van der Waals surface area contributed by atoms with Gasteiger partial charge in [0.1, 0.15) is 0 Å². The Labute approximate surface area is 120 Å². The number of hydrogen-bond donors (Lipinski definition) is 3. The van der Waals surface area contributed by atoms with Gasteiger partial charge in [-0.05, 0) is 54.9 Å². The zero-order valence-corrected chi connectivity index (χ0v) is 13.6. The van der Waals surface area contributed by atoms with Crippen LogP contribution in [0.1, 0.15) is 61.8 Å². The van der Waals surface area contributed by atoms with Crippen molar-refractivity contribution in [2.24, 2.45) is 0 Å². The van der Waals surface area contributed by atoms with Crippen molar-refractivity contribution < 1.29 is 20.0 Å². The maximum Gasteiger partial charge on any atom is 0.231 e. The molecule has 0 rings (SSSR count). The van der Waals surface area contributed by atoms with Crippen LogP contribution in [0.15, 0.2) is 0 Å². The first-order valence-corrected chi connectivity index (χ1v) is 6.50. The Morgan fingerprint density at radius 3 is 1.32 bits per heavy atom. The second-order valence-corrected chi connectivity index (χ2v) is 6.51. The van der Waals surface area contributed by atoms with Gasteiger partial charge in [0.25, 0.3) is 0 Å². The van der Waals surface area contributed by atoms with Gasteiger partial charge in [0.05, 0.1) is 30.1 Å². The van der Waals surface area contributed by atoms with Crippen molar-refractivity contribution in [3.63, 3.8) is 0 Å². The highest BCUT2D eigenvalue weighted by molar-refractivity contribution is 6.85. The van der Waals surface area contributed by atoms with Gasteiger partial charge in [0, 0.05) is 0 Å². The van der Waals surface area contributed by atoms with Crippen molar-refractivity contribution in [1.82, 2.24) is 0 Å². The molecule has 1 unspecified atom stereocenters. The summed E-state index contributed by atoms with van der Waals surface area (Å²) < 4.78 is 5.00. The molecule has 0 aromatic rings. The molecule has 0 aliphatic rings. The van der Waals surface area contributed by atoms with Crippen LogP contribution in [-0.2, 0) is 4.65 Å². The van der Waals surface area contributed by atoms with Crippen LogP contribution in [-0.4, -0.2) is 52.8 Å². The molecule has 0 aliphatic heterocycles. The average Bonchev–Trinajstić information content (AvgIpc) is 2.15. The fourth-order valence-corrected chi connectivity index (χ4v) is 0.747. The van der Waals surface area contributed by atoms with Crippen LogP contribution in [0.5, 0.6) is 0 Å². The zero-order chi connectivity index (χ0) is 16.1. The summed E-state index contributed by atoms with van der Waals surface area (Å²) in [6.45, 7) is 13.6. The molecule has 0 saturated carbocycles. The van der Waals surface area contributed by atoms with E-state index in [9.17, 15) is 15.3 Å². The molecule has 1 atom stereocenters. The van der Waals surface area contributed by atoms with Crippen LogP contribution in [0, 0.1) is 0 Å². The van der Waals surface area contributed by atoms with Crippen molar-refractivity contribution in [3.05, 3.63) is 0 Å². The third-order valence-electron chi connectivity index (χ3n) is 3.84. The van der Waals surface area contributed by atoms with Gasteiger partial charge >= 0.3 is 0 Å². The Hall–Kier alpha value is -0.0301. The molecule has 111 valence electrons.